The molecule has 0 bridgehead atoms. The summed E-state index contributed by atoms with van der Waals surface area (Å²) in [6.07, 6.45) is 0. The highest BCUT2D eigenvalue weighted by Crippen LogP contribution is 2.51. The molecular weight excluding hydrogens is 737 g/mol. The van der Waals surface area contributed by atoms with Gasteiger partial charge >= 0.3 is 0 Å². The zero-order chi connectivity index (χ0) is 39.7. The van der Waals surface area contributed by atoms with Crippen LogP contribution in [0.3, 0.4) is 0 Å². The van der Waals surface area contributed by atoms with Gasteiger partial charge in [-0.2, -0.15) is 0 Å². The Hall–Kier alpha value is -7.83. The van der Waals surface area contributed by atoms with Crippen LogP contribution in [0.15, 0.2) is 179 Å². The quantitative estimate of drug-likeness (QED) is 0.178. The van der Waals surface area contributed by atoms with Crippen molar-refractivity contribution < 1.29 is 8.83 Å². The molecular formula is C54H34N4O2. The van der Waals surface area contributed by atoms with Gasteiger partial charge in [0.05, 0.1) is 22.2 Å². The molecule has 0 spiro atoms. The Morgan fingerprint density at radius 1 is 0.400 bits per heavy atom. The molecule has 0 fully saturated rings. The Balaban J connectivity index is 1.01. The summed E-state index contributed by atoms with van der Waals surface area (Å²) in [5, 5.41) is 6.57. The highest BCUT2D eigenvalue weighted by molar-refractivity contribution is 6.14. The maximum absolute atomic E-state index is 6.78. The number of para-hydroxylation sites is 4. The van der Waals surface area contributed by atoms with Gasteiger partial charge in [-0.1, -0.05) is 129 Å². The van der Waals surface area contributed by atoms with E-state index < -0.39 is 0 Å². The van der Waals surface area contributed by atoms with Crippen LogP contribution in [0.25, 0.3) is 117 Å². The van der Waals surface area contributed by atoms with Crippen LogP contribution in [0.1, 0.15) is 25.0 Å². The summed E-state index contributed by atoms with van der Waals surface area (Å²) in [5.74, 6) is 1.63. The van der Waals surface area contributed by atoms with Gasteiger partial charge < -0.3 is 13.4 Å². The van der Waals surface area contributed by atoms with Gasteiger partial charge in [0, 0.05) is 49.0 Å². The third-order valence-electron chi connectivity index (χ3n) is 12.7. The Bertz CT molecular complexity index is 3760. The molecule has 0 amide bonds. The number of furan rings is 2. The zero-order valence-electron chi connectivity index (χ0n) is 32.8. The van der Waals surface area contributed by atoms with E-state index in [-0.39, 0.29) is 5.41 Å². The van der Waals surface area contributed by atoms with Gasteiger partial charge in [-0.3, -0.25) is 0 Å². The van der Waals surface area contributed by atoms with Gasteiger partial charge in [-0.15, -0.1) is 0 Å². The van der Waals surface area contributed by atoms with E-state index in [1.54, 1.807) is 0 Å². The second-order valence-corrected chi connectivity index (χ2v) is 16.4. The lowest BCUT2D eigenvalue weighted by molar-refractivity contribution is 0.661. The molecule has 8 aromatic carbocycles. The molecule has 0 saturated carbocycles. The zero-order valence-corrected chi connectivity index (χ0v) is 32.8. The number of hydrogen-bond acceptors (Lipinski definition) is 5. The van der Waals surface area contributed by atoms with Crippen LogP contribution in [0.4, 0.5) is 0 Å². The average Bonchev–Trinajstić information content (AvgIpc) is 4.02. The lowest BCUT2D eigenvalue weighted by Crippen LogP contribution is -2.14. The summed E-state index contributed by atoms with van der Waals surface area (Å²) in [5.41, 5.74) is 14.3. The smallest absolute Gasteiger partial charge is 0.167 e. The van der Waals surface area contributed by atoms with Crippen molar-refractivity contribution in [2.45, 2.75) is 19.3 Å². The first kappa shape index (κ1) is 33.2. The lowest BCUT2D eigenvalue weighted by atomic mass is 9.82. The minimum absolute atomic E-state index is 0.0858. The van der Waals surface area contributed by atoms with E-state index in [0.29, 0.717) is 17.5 Å². The lowest BCUT2D eigenvalue weighted by Gasteiger charge is -2.21. The minimum Gasteiger partial charge on any atom is -0.455 e. The first-order valence-electron chi connectivity index (χ1n) is 20.4. The van der Waals surface area contributed by atoms with Crippen LogP contribution in [0, 0.1) is 0 Å². The molecule has 60 heavy (non-hydrogen) atoms. The predicted octanol–water partition coefficient (Wildman–Crippen LogP) is 14.1. The topological polar surface area (TPSA) is 69.9 Å². The third kappa shape index (κ3) is 4.61. The normalized spacial score (nSPS) is 13.3. The van der Waals surface area contributed by atoms with Gasteiger partial charge in [0.1, 0.15) is 22.3 Å². The van der Waals surface area contributed by atoms with Crippen LogP contribution in [0.5, 0.6) is 0 Å². The maximum Gasteiger partial charge on any atom is 0.167 e. The summed E-state index contributed by atoms with van der Waals surface area (Å²) in [4.78, 5) is 15.3. The molecule has 0 N–H and O–H groups in total. The maximum atomic E-state index is 6.78. The molecule has 6 heteroatoms. The third-order valence-corrected chi connectivity index (χ3v) is 12.7. The van der Waals surface area contributed by atoms with E-state index in [9.17, 15) is 0 Å². The fourth-order valence-corrected chi connectivity index (χ4v) is 9.80. The summed E-state index contributed by atoms with van der Waals surface area (Å²) in [7, 11) is 0. The summed E-state index contributed by atoms with van der Waals surface area (Å²) < 4.78 is 15.6. The average molecular weight is 771 g/mol. The molecule has 13 rings (SSSR count). The van der Waals surface area contributed by atoms with Crippen molar-refractivity contribution in [1.29, 1.82) is 0 Å². The molecule has 0 atom stereocenters. The van der Waals surface area contributed by atoms with Crippen LogP contribution < -0.4 is 0 Å². The van der Waals surface area contributed by atoms with Crippen molar-refractivity contribution in [3.05, 3.63) is 181 Å². The monoisotopic (exact) mass is 770 g/mol. The van der Waals surface area contributed by atoms with Crippen LogP contribution in [0.2, 0.25) is 0 Å². The van der Waals surface area contributed by atoms with Crippen molar-refractivity contribution in [3.8, 4) is 51.0 Å². The summed E-state index contributed by atoms with van der Waals surface area (Å²) in [6, 6.07) is 59.5. The fraction of sp³-hybridized carbons (Fsp3) is 0.0556. The van der Waals surface area contributed by atoms with Crippen molar-refractivity contribution >= 4 is 65.7 Å². The molecule has 4 heterocycles. The van der Waals surface area contributed by atoms with Gasteiger partial charge in [0.15, 0.2) is 17.5 Å². The fourth-order valence-electron chi connectivity index (χ4n) is 9.80. The van der Waals surface area contributed by atoms with Gasteiger partial charge in [0.2, 0.25) is 0 Å². The molecule has 0 radical (unpaired) electrons. The molecule has 4 aromatic heterocycles. The Morgan fingerprint density at radius 3 is 1.78 bits per heavy atom. The summed E-state index contributed by atoms with van der Waals surface area (Å²) >= 11 is 0. The molecule has 0 saturated heterocycles. The van der Waals surface area contributed by atoms with Crippen molar-refractivity contribution in [1.82, 2.24) is 19.5 Å². The molecule has 0 unspecified atom stereocenters. The first-order chi connectivity index (χ1) is 29.5. The highest BCUT2D eigenvalue weighted by Gasteiger charge is 2.36. The molecule has 12 aromatic rings. The minimum atomic E-state index is -0.0858. The molecule has 0 aliphatic heterocycles. The number of benzene rings is 8. The second-order valence-electron chi connectivity index (χ2n) is 16.4. The number of fused-ring (bicyclic) bond motifs is 12. The number of hydrogen-bond donors (Lipinski definition) is 0. The van der Waals surface area contributed by atoms with E-state index in [1.807, 2.05) is 66.7 Å². The van der Waals surface area contributed by atoms with E-state index in [2.05, 4.69) is 122 Å². The van der Waals surface area contributed by atoms with E-state index >= 15 is 0 Å². The number of rotatable bonds is 4. The van der Waals surface area contributed by atoms with Crippen LogP contribution in [-0.2, 0) is 5.41 Å². The Kier molecular flexibility index (Phi) is 6.69. The SMILES string of the molecule is CC1(C)c2ccccc2-c2cc3c(cc21)c1ccccc1n3-c1ccc2oc3c(-c4nc(-c5ccccc5)nc(-c5cccc6c5oc5ccccc56)n4)cccc3c2c1. The predicted molar refractivity (Wildman–Crippen MR) is 243 cm³/mol. The van der Waals surface area contributed by atoms with E-state index in [0.717, 1.165) is 66.3 Å². The van der Waals surface area contributed by atoms with Crippen molar-refractivity contribution in [2.24, 2.45) is 0 Å². The van der Waals surface area contributed by atoms with Gasteiger partial charge in [-0.25, -0.2) is 15.0 Å². The van der Waals surface area contributed by atoms with E-state index in [4.69, 9.17) is 23.8 Å². The van der Waals surface area contributed by atoms with Crippen LogP contribution in [-0.4, -0.2) is 19.5 Å². The second kappa shape index (κ2) is 12.1. The first-order valence-corrected chi connectivity index (χ1v) is 20.4. The molecule has 1 aliphatic carbocycles. The van der Waals surface area contributed by atoms with Gasteiger partial charge in [0.25, 0.3) is 0 Å². The van der Waals surface area contributed by atoms with Crippen molar-refractivity contribution in [2.75, 3.05) is 0 Å². The molecule has 6 nitrogen and oxygen atoms in total. The summed E-state index contributed by atoms with van der Waals surface area (Å²) in [6.45, 7) is 4.69. The molecule has 282 valence electrons. The van der Waals surface area contributed by atoms with Crippen molar-refractivity contribution in [3.63, 3.8) is 0 Å². The number of nitrogens with zero attached hydrogens (tertiary/aromatic N) is 4. The van der Waals surface area contributed by atoms with Gasteiger partial charge in [-0.05, 0) is 76.9 Å². The largest absolute Gasteiger partial charge is 0.455 e. The Labute approximate surface area is 344 Å². The standard InChI is InChI=1S/C54H34N4O2/c1-54(2)43-23-9-6-16-33(43)40-30-46-41(29-44(40)54)34-17-7-10-24-45(34)58(46)32-26-27-48-42(28-32)37-20-13-22-39(50(37)60-48)53-56-51(31-14-4-3-5-15-31)55-52(57-53)38-21-12-19-36-35-18-8-11-25-47(35)59-49(36)38/h3-30H,1-2H3. The Morgan fingerprint density at radius 2 is 1.00 bits per heavy atom. The highest BCUT2D eigenvalue weighted by atomic mass is 16.3. The van der Waals surface area contributed by atoms with Crippen LogP contribution >= 0.6 is 0 Å². The molecule has 1 aliphatic rings. The van der Waals surface area contributed by atoms with E-state index in [1.165, 1.54) is 44.1 Å². The number of aromatic nitrogens is 4.